The molecule has 2 aromatic heterocycles. The average molecular weight is 253 g/mol. The van der Waals surface area contributed by atoms with Gasteiger partial charge in [0.1, 0.15) is 11.0 Å². The van der Waals surface area contributed by atoms with E-state index in [0.29, 0.717) is 17.4 Å². The highest BCUT2D eigenvalue weighted by atomic mass is 32.1. The summed E-state index contributed by atoms with van der Waals surface area (Å²) in [5.41, 5.74) is 7.67. The minimum Gasteiger partial charge on any atom is -0.397 e. The van der Waals surface area contributed by atoms with Crippen LogP contribution < -0.4 is 5.73 Å². The topological polar surface area (TPSA) is 74.2 Å². The molecule has 2 N–H and O–H groups in total. The van der Waals surface area contributed by atoms with Gasteiger partial charge >= 0.3 is 0 Å². The van der Waals surface area contributed by atoms with E-state index in [2.05, 4.69) is 10.1 Å². The number of nitrogens with zero attached hydrogens (tertiary/aromatic N) is 2. The van der Waals surface area contributed by atoms with Gasteiger partial charge in [0.2, 0.25) is 5.82 Å². The van der Waals surface area contributed by atoms with Crippen molar-refractivity contribution in [1.29, 1.82) is 0 Å². The number of anilines is 1. The number of ether oxygens (including phenoxy) is 1. The average Bonchev–Trinajstić information content (AvgIpc) is 2.90. The van der Waals surface area contributed by atoms with Crippen molar-refractivity contribution in [3.8, 4) is 10.8 Å². The van der Waals surface area contributed by atoms with Crippen LogP contribution >= 0.6 is 11.3 Å². The van der Waals surface area contributed by atoms with Crippen molar-refractivity contribution in [2.24, 2.45) is 0 Å². The number of rotatable bonds is 4. The molecule has 0 aliphatic rings. The summed E-state index contributed by atoms with van der Waals surface area (Å²) in [5, 5.41) is 5.90. The predicted octanol–water partition coefficient (Wildman–Crippen LogP) is 2.79. The number of methoxy groups -OCH3 is 1. The van der Waals surface area contributed by atoms with Gasteiger partial charge in [-0.15, -0.1) is 11.3 Å². The summed E-state index contributed by atoms with van der Waals surface area (Å²) in [6.45, 7) is 3.96. The summed E-state index contributed by atoms with van der Waals surface area (Å²) in [6.07, 6.45) is 0.670. The van der Waals surface area contributed by atoms with Crippen LogP contribution in [-0.2, 0) is 4.74 Å². The second-order valence-corrected chi connectivity index (χ2v) is 4.63. The smallest absolute Gasteiger partial charge is 0.270 e. The lowest BCUT2D eigenvalue weighted by atomic mass is 10.2. The quantitative estimate of drug-likeness (QED) is 0.906. The van der Waals surface area contributed by atoms with Crippen LogP contribution in [0.5, 0.6) is 0 Å². The van der Waals surface area contributed by atoms with Crippen LogP contribution in [0.25, 0.3) is 10.8 Å². The number of aromatic nitrogens is 2. The summed E-state index contributed by atoms with van der Waals surface area (Å²) in [4.78, 5) is 5.15. The summed E-state index contributed by atoms with van der Waals surface area (Å²) < 4.78 is 10.5. The Morgan fingerprint density at radius 2 is 2.35 bits per heavy atom. The maximum absolute atomic E-state index is 5.94. The normalized spacial score (nSPS) is 12.9. The van der Waals surface area contributed by atoms with E-state index in [1.165, 1.54) is 11.3 Å². The van der Waals surface area contributed by atoms with Crippen LogP contribution in [0.4, 0.5) is 5.69 Å². The van der Waals surface area contributed by atoms with Gasteiger partial charge in [-0.05, 0) is 24.3 Å². The SMILES string of the molecule is CCC(OC)c1noc(-c2scc(C)c2N)n1. The zero-order chi connectivity index (χ0) is 12.4. The van der Waals surface area contributed by atoms with Crippen molar-refractivity contribution in [3.05, 3.63) is 16.8 Å². The molecule has 6 heteroatoms. The van der Waals surface area contributed by atoms with Gasteiger partial charge in [0.15, 0.2) is 0 Å². The van der Waals surface area contributed by atoms with Crippen molar-refractivity contribution in [3.63, 3.8) is 0 Å². The molecule has 5 nitrogen and oxygen atoms in total. The highest BCUT2D eigenvalue weighted by molar-refractivity contribution is 7.14. The summed E-state index contributed by atoms with van der Waals surface area (Å²) in [7, 11) is 1.63. The largest absolute Gasteiger partial charge is 0.397 e. The summed E-state index contributed by atoms with van der Waals surface area (Å²) >= 11 is 1.51. The van der Waals surface area contributed by atoms with Crippen molar-refractivity contribution in [1.82, 2.24) is 10.1 Å². The molecule has 2 aromatic rings. The molecule has 2 heterocycles. The van der Waals surface area contributed by atoms with Gasteiger partial charge in [-0.25, -0.2) is 0 Å². The maximum Gasteiger partial charge on any atom is 0.270 e. The Morgan fingerprint density at radius 3 is 2.88 bits per heavy atom. The molecule has 92 valence electrons. The lowest BCUT2D eigenvalue weighted by Crippen LogP contribution is -2.01. The van der Waals surface area contributed by atoms with Crippen molar-refractivity contribution in [2.45, 2.75) is 26.4 Å². The fourth-order valence-electron chi connectivity index (χ4n) is 1.53. The Balaban J connectivity index is 2.32. The molecule has 0 aromatic carbocycles. The van der Waals surface area contributed by atoms with E-state index in [0.717, 1.165) is 16.9 Å². The number of thiophene rings is 1. The van der Waals surface area contributed by atoms with Gasteiger partial charge in [-0.1, -0.05) is 12.1 Å². The molecule has 0 saturated carbocycles. The van der Waals surface area contributed by atoms with Crippen LogP contribution in [0.1, 0.15) is 30.8 Å². The van der Waals surface area contributed by atoms with Crippen LogP contribution in [0, 0.1) is 6.92 Å². The molecule has 0 fully saturated rings. The Morgan fingerprint density at radius 1 is 1.59 bits per heavy atom. The molecular formula is C11H15N3O2S. The lowest BCUT2D eigenvalue weighted by molar-refractivity contribution is 0.0903. The third kappa shape index (κ3) is 2.18. The molecule has 0 saturated heterocycles. The van der Waals surface area contributed by atoms with E-state index in [1.807, 2.05) is 19.2 Å². The first-order valence-corrected chi connectivity index (χ1v) is 6.25. The summed E-state index contributed by atoms with van der Waals surface area (Å²) in [6, 6.07) is 0. The lowest BCUT2D eigenvalue weighted by Gasteiger charge is -2.05. The number of nitrogens with two attached hydrogens (primary N) is 1. The monoisotopic (exact) mass is 253 g/mol. The molecule has 0 amide bonds. The molecule has 0 spiro atoms. The molecule has 1 unspecified atom stereocenters. The molecule has 0 bridgehead atoms. The third-order valence-corrected chi connectivity index (χ3v) is 3.70. The van der Waals surface area contributed by atoms with Crippen molar-refractivity contribution >= 4 is 17.0 Å². The van der Waals surface area contributed by atoms with Crippen molar-refractivity contribution < 1.29 is 9.26 Å². The number of hydrogen-bond acceptors (Lipinski definition) is 6. The number of nitrogen functional groups attached to an aromatic ring is 1. The van der Waals surface area contributed by atoms with Crippen LogP contribution in [0.2, 0.25) is 0 Å². The van der Waals surface area contributed by atoms with E-state index < -0.39 is 0 Å². The van der Waals surface area contributed by atoms with Gasteiger partial charge in [-0.2, -0.15) is 4.98 Å². The van der Waals surface area contributed by atoms with E-state index in [-0.39, 0.29) is 6.10 Å². The highest BCUT2D eigenvalue weighted by Gasteiger charge is 2.19. The van der Waals surface area contributed by atoms with E-state index in [1.54, 1.807) is 7.11 Å². The Labute approximate surface area is 104 Å². The van der Waals surface area contributed by atoms with Gasteiger partial charge in [-0.3, -0.25) is 0 Å². The molecule has 0 aliphatic carbocycles. The number of aryl methyl sites for hydroxylation is 1. The highest BCUT2D eigenvalue weighted by Crippen LogP contribution is 2.34. The molecule has 2 rings (SSSR count). The van der Waals surface area contributed by atoms with E-state index in [4.69, 9.17) is 15.0 Å². The van der Waals surface area contributed by atoms with Gasteiger partial charge in [0, 0.05) is 7.11 Å². The zero-order valence-electron chi connectivity index (χ0n) is 10.1. The standard InChI is InChI=1S/C11H15N3O2S/c1-4-7(15-3)10-13-11(16-14-10)9-8(12)6(2)5-17-9/h5,7H,4,12H2,1-3H3. The predicted molar refractivity (Wildman–Crippen MR) is 66.8 cm³/mol. The Kier molecular flexibility index (Phi) is 3.44. The van der Waals surface area contributed by atoms with Gasteiger partial charge in [0.05, 0.1) is 5.69 Å². The second-order valence-electron chi connectivity index (χ2n) is 3.75. The van der Waals surface area contributed by atoms with Crippen LogP contribution in [0.3, 0.4) is 0 Å². The van der Waals surface area contributed by atoms with E-state index >= 15 is 0 Å². The third-order valence-electron chi connectivity index (χ3n) is 2.60. The summed E-state index contributed by atoms with van der Waals surface area (Å²) in [5.74, 6) is 1.03. The zero-order valence-corrected chi connectivity index (χ0v) is 10.9. The van der Waals surface area contributed by atoms with Gasteiger partial charge in [0.25, 0.3) is 5.89 Å². The Bertz CT molecular complexity index is 503. The first-order chi connectivity index (χ1) is 8.17. The molecule has 1 atom stereocenters. The van der Waals surface area contributed by atoms with Crippen LogP contribution in [-0.4, -0.2) is 17.3 Å². The van der Waals surface area contributed by atoms with E-state index in [9.17, 15) is 0 Å². The molecule has 0 aliphatic heterocycles. The van der Waals surface area contributed by atoms with Crippen molar-refractivity contribution in [2.75, 3.05) is 12.8 Å². The first-order valence-electron chi connectivity index (χ1n) is 5.37. The fourth-order valence-corrected chi connectivity index (χ4v) is 2.42. The minimum absolute atomic E-state index is 0.130. The molecule has 17 heavy (non-hydrogen) atoms. The van der Waals surface area contributed by atoms with Crippen LogP contribution in [0.15, 0.2) is 9.90 Å². The fraction of sp³-hybridized carbons (Fsp3) is 0.455. The molecule has 0 radical (unpaired) electrons. The minimum atomic E-state index is -0.130. The first kappa shape index (κ1) is 12.1. The maximum atomic E-state index is 5.94. The van der Waals surface area contributed by atoms with Gasteiger partial charge < -0.3 is 15.0 Å². The number of hydrogen-bond donors (Lipinski definition) is 1. The Hall–Kier alpha value is -1.40. The second kappa shape index (κ2) is 4.85. The molecular weight excluding hydrogens is 238 g/mol.